The van der Waals surface area contributed by atoms with Gasteiger partial charge in [0, 0.05) is 18.9 Å². The molecule has 7 heteroatoms. The molecule has 2 aliphatic heterocycles. The van der Waals surface area contributed by atoms with Gasteiger partial charge in [-0.15, -0.1) is 11.3 Å². The average Bonchev–Trinajstić information content (AvgIpc) is 3.30. The minimum absolute atomic E-state index is 0.0778. The van der Waals surface area contributed by atoms with E-state index in [-0.39, 0.29) is 17.6 Å². The van der Waals surface area contributed by atoms with Crippen LogP contribution in [0.1, 0.15) is 22.5 Å². The summed E-state index contributed by atoms with van der Waals surface area (Å²) in [6, 6.07) is 5.70. The Hall–Kier alpha value is -1.70. The number of carbonyl (C=O) groups is 1. The Kier molecular flexibility index (Phi) is 4.39. The molecule has 0 bridgehead atoms. The molecule has 0 aromatic carbocycles. The predicted octanol–water partition coefficient (Wildman–Crippen LogP) is 2.03. The average molecular weight is 347 g/mol. The van der Waals surface area contributed by atoms with E-state index in [1.54, 1.807) is 6.20 Å². The van der Waals surface area contributed by atoms with E-state index in [0.29, 0.717) is 26.3 Å². The van der Waals surface area contributed by atoms with Gasteiger partial charge < -0.3 is 14.4 Å². The summed E-state index contributed by atoms with van der Waals surface area (Å²) in [6.45, 7) is 3.07. The van der Waals surface area contributed by atoms with Gasteiger partial charge in [-0.3, -0.25) is 9.48 Å². The molecule has 0 N–H and O–H groups in total. The highest BCUT2D eigenvalue weighted by Gasteiger charge is 2.44. The third kappa shape index (κ3) is 3.24. The molecule has 4 heterocycles. The summed E-state index contributed by atoms with van der Waals surface area (Å²) in [5.41, 5.74) is -0.388. The van der Waals surface area contributed by atoms with Gasteiger partial charge in [0.2, 0.25) is 0 Å². The van der Waals surface area contributed by atoms with Gasteiger partial charge in [0.25, 0.3) is 5.91 Å². The number of amides is 1. The van der Waals surface area contributed by atoms with Gasteiger partial charge in [-0.25, -0.2) is 0 Å². The molecule has 2 saturated heterocycles. The summed E-state index contributed by atoms with van der Waals surface area (Å²) >= 11 is 1.48. The van der Waals surface area contributed by atoms with Crippen molar-refractivity contribution in [2.75, 3.05) is 26.3 Å². The molecule has 0 radical (unpaired) electrons. The highest BCUT2D eigenvalue weighted by molar-refractivity contribution is 7.12. The van der Waals surface area contributed by atoms with Crippen LogP contribution < -0.4 is 0 Å². The fourth-order valence-corrected chi connectivity index (χ4v) is 4.19. The number of aromatic nitrogens is 2. The second kappa shape index (κ2) is 6.66. The Morgan fingerprint density at radius 1 is 1.46 bits per heavy atom. The first-order chi connectivity index (χ1) is 11.7. The van der Waals surface area contributed by atoms with Crippen molar-refractivity contribution >= 4 is 17.2 Å². The molecular formula is C17H21N3O3S. The molecule has 1 amide bonds. The Balaban J connectivity index is 1.45. The maximum atomic E-state index is 12.7. The van der Waals surface area contributed by atoms with Crippen LogP contribution in [0.5, 0.6) is 0 Å². The Morgan fingerprint density at radius 2 is 2.42 bits per heavy atom. The van der Waals surface area contributed by atoms with Crippen molar-refractivity contribution in [1.82, 2.24) is 14.7 Å². The fraction of sp³-hybridized carbons (Fsp3) is 0.529. The van der Waals surface area contributed by atoms with Crippen LogP contribution in [-0.4, -0.2) is 58.6 Å². The van der Waals surface area contributed by atoms with E-state index in [1.807, 2.05) is 39.4 Å². The first-order valence-electron chi connectivity index (χ1n) is 8.30. The van der Waals surface area contributed by atoms with E-state index in [9.17, 15) is 4.79 Å². The monoisotopic (exact) mass is 347 g/mol. The maximum absolute atomic E-state index is 12.7. The van der Waals surface area contributed by atoms with Crippen molar-refractivity contribution in [1.29, 1.82) is 0 Å². The Labute approximate surface area is 145 Å². The molecule has 4 rings (SSSR count). The summed E-state index contributed by atoms with van der Waals surface area (Å²) in [6.07, 6.45) is 5.72. The van der Waals surface area contributed by atoms with Crippen LogP contribution in [0.15, 0.2) is 36.0 Å². The third-order valence-corrected chi connectivity index (χ3v) is 5.52. The predicted molar refractivity (Wildman–Crippen MR) is 90.1 cm³/mol. The number of hydrogen-bond acceptors (Lipinski definition) is 5. The highest BCUT2D eigenvalue weighted by atomic mass is 32.1. The molecule has 0 aliphatic carbocycles. The molecule has 2 fully saturated rings. The SMILES string of the molecule is O=C(c1cccs1)N1CCOCC2(CCC(Cn3cccn3)O2)C1. The van der Waals surface area contributed by atoms with Gasteiger partial charge in [-0.2, -0.15) is 5.10 Å². The van der Waals surface area contributed by atoms with Crippen LogP contribution in [0.4, 0.5) is 0 Å². The van der Waals surface area contributed by atoms with Crippen molar-refractivity contribution in [3.63, 3.8) is 0 Å². The number of nitrogens with zero attached hydrogens (tertiary/aromatic N) is 3. The third-order valence-electron chi connectivity index (χ3n) is 4.66. The van der Waals surface area contributed by atoms with Gasteiger partial charge >= 0.3 is 0 Å². The quantitative estimate of drug-likeness (QED) is 0.853. The van der Waals surface area contributed by atoms with Gasteiger partial charge in [0.1, 0.15) is 5.60 Å². The van der Waals surface area contributed by atoms with E-state index >= 15 is 0 Å². The molecule has 2 aromatic rings. The van der Waals surface area contributed by atoms with E-state index in [4.69, 9.17) is 9.47 Å². The van der Waals surface area contributed by atoms with Crippen molar-refractivity contribution in [2.24, 2.45) is 0 Å². The van der Waals surface area contributed by atoms with Crippen LogP contribution in [0.3, 0.4) is 0 Å². The number of rotatable bonds is 3. The lowest BCUT2D eigenvalue weighted by molar-refractivity contribution is -0.0880. The van der Waals surface area contributed by atoms with E-state index < -0.39 is 0 Å². The van der Waals surface area contributed by atoms with Crippen LogP contribution >= 0.6 is 11.3 Å². The number of thiophene rings is 1. The lowest BCUT2D eigenvalue weighted by Crippen LogP contribution is -2.46. The van der Waals surface area contributed by atoms with Crippen LogP contribution in [0.25, 0.3) is 0 Å². The molecule has 0 saturated carbocycles. The van der Waals surface area contributed by atoms with Gasteiger partial charge in [0.15, 0.2) is 0 Å². The van der Waals surface area contributed by atoms with Crippen molar-refractivity contribution < 1.29 is 14.3 Å². The number of hydrogen-bond donors (Lipinski definition) is 0. The zero-order valence-electron chi connectivity index (χ0n) is 13.5. The molecule has 2 aromatic heterocycles. The summed E-state index contributed by atoms with van der Waals surface area (Å²) < 4.78 is 14.0. The zero-order valence-corrected chi connectivity index (χ0v) is 14.3. The minimum Gasteiger partial charge on any atom is -0.377 e. The lowest BCUT2D eigenvalue weighted by Gasteiger charge is -2.31. The first-order valence-corrected chi connectivity index (χ1v) is 9.18. The minimum atomic E-state index is -0.388. The van der Waals surface area contributed by atoms with Crippen molar-refractivity contribution in [2.45, 2.75) is 31.1 Å². The van der Waals surface area contributed by atoms with Crippen LogP contribution in [0.2, 0.25) is 0 Å². The van der Waals surface area contributed by atoms with Crippen molar-refractivity contribution in [3.05, 3.63) is 40.8 Å². The number of ether oxygens (including phenoxy) is 2. The fourth-order valence-electron chi connectivity index (χ4n) is 3.50. The van der Waals surface area contributed by atoms with Gasteiger partial charge in [0.05, 0.1) is 37.3 Å². The van der Waals surface area contributed by atoms with Gasteiger partial charge in [-0.1, -0.05) is 6.07 Å². The van der Waals surface area contributed by atoms with E-state index in [1.165, 1.54) is 11.3 Å². The van der Waals surface area contributed by atoms with Crippen LogP contribution in [-0.2, 0) is 16.0 Å². The normalized spacial score (nSPS) is 27.5. The second-order valence-electron chi connectivity index (χ2n) is 6.45. The largest absolute Gasteiger partial charge is 0.377 e. The molecule has 6 nitrogen and oxygen atoms in total. The molecule has 1 spiro atoms. The summed E-state index contributed by atoms with van der Waals surface area (Å²) in [7, 11) is 0. The Morgan fingerprint density at radius 3 is 3.21 bits per heavy atom. The van der Waals surface area contributed by atoms with Crippen LogP contribution in [0, 0.1) is 0 Å². The van der Waals surface area contributed by atoms with Gasteiger partial charge in [-0.05, 0) is 30.4 Å². The smallest absolute Gasteiger partial charge is 0.264 e. The summed E-state index contributed by atoms with van der Waals surface area (Å²) in [4.78, 5) is 15.4. The zero-order chi connectivity index (χ0) is 16.4. The first kappa shape index (κ1) is 15.8. The molecule has 24 heavy (non-hydrogen) atoms. The summed E-state index contributed by atoms with van der Waals surface area (Å²) in [5.74, 6) is 0.0778. The molecular weight excluding hydrogens is 326 g/mol. The second-order valence-corrected chi connectivity index (χ2v) is 7.39. The molecule has 2 aliphatic rings. The van der Waals surface area contributed by atoms with E-state index in [0.717, 1.165) is 24.3 Å². The standard InChI is InChI=1S/C17H21N3O3S/c21-16(15-3-1-10-24-15)19-8-9-22-13-17(12-19)5-4-14(23-17)11-20-7-2-6-18-20/h1-3,6-7,10,14H,4-5,8-9,11-13H2. The van der Waals surface area contributed by atoms with Crippen molar-refractivity contribution in [3.8, 4) is 0 Å². The number of carbonyl (C=O) groups excluding carboxylic acids is 1. The molecule has 2 atom stereocenters. The highest BCUT2D eigenvalue weighted by Crippen LogP contribution is 2.34. The Bertz CT molecular complexity index is 673. The lowest BCUT2D eigenvalue weighted by atomic mass is 10.00. The molecule has 128 valence electrons. The maximum Gasteiger partial charge on any atom is 0.264 e. The topological polar surface area (TPSA) is 56.6 Å². The molecule has 2 unspecified atom stereocenters. The summed E-state index contributed by atoms with van der Waals surface area (Å²) in [5, 5.41) is 6.19. The van der Waals surface area contributed by atoms with E-state index in [2.05, 4.69) is 5.10 Å².